The summed E-state index contributed by atoms with van der Waals surface area (Å²) in [5.41, 5.74) is 3.21. The van der Waals surface area contributed by atoms with Crippen LogP contribution in [0.4, 0.5) is 4.39 Å². The fraction of sp³-hybridized carbons (Fsp3) is 0.233. The van der Waals surface area contributed by atoms with Crippen LogP contribution in [0.2, 0.25) is 0 Å². The monoisotopic (exact) mass is 500 g/mol. The number of halogens is 1. The normalized spacial score (nSPS) is 11.6. The molecule has 190 valence electrons. The van der Waals surface area contributed by atoms with Crippen LogP contribution in [0.5, 0.6) is 11.5 Å². The van der Waals surface area contributed by atoms with Gasteiger partial charge in [-0.3, -0.25) is 4.79 Å². The Balaban J connectivity index is 1.59. The topological polar surface area (TPSA) is 83.6 Å². The van der Waals surface area contributed by atoms with Crippen LogP contribution in [-0.2, 0) is 6.42 Å². The van der Waals surface area contributed by atoms with Gasteiger partial charge in [0.2, 0.25) is 0 Å². The highest BCUT2D eigenvalue weighted by Gasteiger charge is 2.20. The molecule has 0 aliphatic carbocycles. The Labute approximate surface area is 215 Å². The fourth-order valence-corrected chi connectivity index (χ4v) is 4.05. The average molecular weight is 501 g/mol. The maximum absolute atomic E-state index is 13.5. The Morgan fingerprint density at radius 2 is 1.89 bits per heavy atom. The van der Waals surface area contributed by atoms with Gasteiger partial charge in [-0.25, -0.2) is 4.39 Å². The number of aromatic nitrogens is 1. The number of ether oxygens (including phenoxy) is 2. The molecular formula is C30H29FN2O4. The summed E-state index contributed by atoms with van der Waals surface area (Å²) in [6.45, 7) is 3.49. The molecule has 3 aromatic carbocycles. The van der Waals surface area contributed by atoms with Crippen LogP contribution in [0.25, 0.3) is 10.9 Å². The number of fused-ring (bicyclic) bond motifs is 1. The number of aliphatic hydroxyl groups is 1. The molecule has 1 atom stereocenters. The number of methoxy groups -OCH3 is 1. The summed E-state index contributed by atoms with van der Waals surface area (Å²) >= 11 is 0. The molecule has 37 heavy (non-hydrogen) atoms. The molecule has 0 spiro atoms. The molecule has 3 N–H and O–H groups in total. The van der Waals surface area contributed by atoms with Crippen LogP contribution >= 0.6 is 0 Å². The van der Waals surface area contributed by atoms with Crippen molar-refractivity contribution in [2.45, 2.75) is 32.4 Å². The van der Waals surface area contributed by atoms with Crippen LogP contribution in [0.3, 0.4) is 0 Å². The molecule has 1 amide bonds. The maximum atomic E-state index is 13.5. The van der Waals surface area contributed by atoms with Crippen LogP contribution in [0.15, 0.2) is 66.9 Å². The van der Waals surface area contributed by atoms with Gasteiger partial charge in [0.15, 0.2) is 0 Å². The van der Waals surface area contributed by atoms with Gasteiger partial charge in [0, 0.05) is 22.7 Å². The highest BCUT2D eigenvalue weighted by atomic mass is 19.1. The number of para-hydroxylation sites is 1. The molecular weight excluding hydrogens is 471 g/mol. The third-order valence-corrected chi connectivity index (χ3v) is 5.79. The quantitative estimate of drug-likeness (QED) is 0.303. The second-order valence-corrected chi connectivity index (χ2v) is 8.89. The van der Waals surface area contributed by atoms with Crippen LogP contribution < -0.4 is 14.8 Å². The molecule has 0 fully saturated rings. The molecule has 0 aliphatic rings. The molecule has 7 heteroatoms. The zero-order chi connectivity index (χ0) is 26.4. The summed E-state index contributed by atoms with van der Waals surface area (Å²) in [5, 5.41) is 13.8. The minimum atomic E-state index is -0.563. The molecule has 4 rings (SSSR count). The zero-order valence-electron chi connectivity index (χ0n) is 21.0. The molecule has 0 radical (unpaired) electrons. The van der Waals surface area contributed by atoms with Crippen LogP contribution in [0.1, 0.15) is 40.9 Å². The number of H-pyrrole nitrogens is 1. The minimum Gasteiger partial charge on any atom is -0.495 e. The Hall–Kier alpha value is -4.28. The van der Waals surface area contributed by atoms with Gasteiger partial charge in [0.25, 0.3) is 5.91 Å². The van der Waals surface area contributed by atoms with Crippen molar-refractivity contribution in [1.82, 2.24) is 10.3 Å². The van der Waals surface area contributed by atoms with Crippen LogP contribution in [0, 0.1) is 17.7 Å². The van der Waals surface area contributed by atoms with E-state index in [0.29, 0.717) is 34.6 Å². The molecule has 1 aromatic heterocycles. The van der Waals surface area contributed by atoms with Crippen molar-refractivity contribution in [3.8, 4) is 23.3 Å². The van der Waals surface area contributed by atoms with Crippen molar-refractivity contribution in [2.75, 3.05) is 13.7 Å². The van der Waals surface area contributed by atoms with E-state index in [1.165, 1.54) is 12.1 Å². The number of rotatable bonds is 8. The van der Waals surface area contributed by atoms with Crippen molar-refractivity contribution in [3.05, 3.63) is 94.9 Å². The van der Waals surface area contributed by atoms with Crippen molar-refractivity contribution in [1.29, 1.82) is 0 Å². The number of carbonyl (C=O) groups excluding carboxylic acids is 1. The van der Waals surface area contributed by atoms with Gasteiger partial charge < -0.3 is 24.9 Å². The second-order valence-electron chi connectivity index (χ2n) is 8.89. The summed E-state index contributed by atoms with van der Waals surface area (Å²) < 4.78 is 24.8. The highest BCUT2D eigenvalue weighted by molar-refractivity contribution is 5.97. The Kier molecular flexibility index (Phi) is 8.11. The van der Waals surface area contributed by atoms with E-state index in [0.717, 1.165) is 16.5 Å². The molecule has 6 nitrogen and oxygen atoms in total. The molecule has 1 unspecified atom stereocenters. The van der Waals surface area contributed by atoms with Gasteiger partial charge in [-0.2, -0.15) is 0 Å². The van der Waals surface area contributed by atoms with E-state index < -0.39 is 6.04 Å². The summed E-state index contributed by atoms with van der Waals surface area (Å²) in [5.74, 6) is 6.55. The van der Waals surface area contributed by atoms with E-state index in [9.17, 15) is 14.3 Å². The average Bonchev–Trinajstić information content (AvgIpc) is 3.28. The first kappa shape index (κ1) is 25.8. The van der Waals surface area contributed by atoms with E-state index in [1.54, 1.807) is 37.6 Å². The number of nitrogens with one attached hydrogen (secondary N) is 2. The first-order valence-corrected chi connectivity index (χ1v) is 12.0. The first-order chi connectivity index (χ1) is 17.9. The van der Waals surface area contributed by atoms with E-state index in [-0.39, 0.29) is 24.4 Å². The lowest BCUT2D eigenvalue weighted by Crippen LogP contribution is -2.39. The third-order valence-electron chi connectivity index (χ3n) is 5.79. The molecule has 1 heterocycles. The number of carbonyl (C=O) groups is 1. The lowest BCUT2D eigenvalue weighted by molar-refractivity contribution is 0.0910. The van der Waals surface area contributed by atoms with Gasteiger partial charge >= 0.3 is 0 Å². The van der Waals surface area contributed by atoms with Gasteiger partial charge in [-0.05, 0) is 74.4 Å². The smallest absolute Gasteiger partial charge is 0.255 e. The summed E-state index contributed by atoms with van der Waals surface area (Å²) in [6, 6.07) is 16.6. The van der Waals surface area contributed by atoms with E-state index in [4.69, 9.17) is 9.47 Å². The molecule has 0 aliphatic heterocycles. The number of amides is 1. The Bertz CT molecular complexity index is 1470. The zero-order valence-corrected chi connectivity index (χ0v) is 21.0. The first-order valence-electron chi connectivity index (χ1n) is 12.0. The summed E-state index contributed by atoms with van der Waals surface area (Å²) in [7, 11) is 1.59. The number of aliphatic hydroxyl groups excluding tert-OH is 1. The van der Waals surface area contributed by atoms with Gasteiger partial charge in [-0.15, -0.1) is 0 Å². The van der Waals surface area contributed by atoms with Crippen molar-refractivity contribution >= 4 is 16.8 Å². The second kappa shape index (κ2) is 11.6. The van der Waals surface area contributed by atoms with Crippen molar-refractivity contribution < 1.29 is 23.8 Å². The standard InChI is InChI=1S/C30H29FN2O4/c1-19(2)37-29-13-9-20(8-10-21-6-4-5-7-28(21)36-3)14-26(29)30(35)33-24(18-34)15-22-17-32-27-16-23(31)11-12-25(22)27/h4-7,9,11-14,16-17,19,24,32,34H,15,18H2,1-3H3,(H,33,35). The van der Waals surface area contributed by atoms with Gasteiger partial charge in [0.1, 0.15) is 17.3 Å². The van der Waals surface area contributed by atoms with Crippen molar-refractivity contribution in [2.24, 2.45) is 0 Å². The minimum absolute atomic E-state index is 0.141. The number of aromatic amines is 1. The highest BCUT2D eigenvalue weighted by Crippen LogP contribution is 2.24. The lowest BCUT2D eigenvalue weighted by atomic mass is 10.0. The number of hydrogen-bond donors (Lipinski definition) is 3. The van der Waals surface area contributed by atoms with E-state index in [1.807, 2.05) is 38.1 Å². The SMILES string of the molecule is COc1ccccc1C#Cc1ccc(OC(C)C)c(C(=O)NC(CO)Cc2c[nH]c3cc(F)ccc23)c1. The van der Waals surface area contributed by atoms with E-state index in [2.05, 4.69) is 22.1 Å². The predicted octanol–water partition coefficient (Wildman–Crippen LogP) is 4.84. The fourth-order valence-electron chi connectivity index (χ4n) is 4.05. The molecule has 0 bridgehead atoms. The Morgan fingerprint density at radius 3 is 2.65 bits per heavy atom. The largest absolute Gasteiger partial charge is 0.495 e. The third kappa shape index (κ3) is 6.29. The maximum Gasteiger partial charge on any atom is 0.255 e. The van der Waals surface area contributed by atoms with Crippen LogP contribution in [-0.4, -0.2) is 41.9 Å². The number of hydrogen-bond acceptors (Lipinski definition) is 4. The van der Waals surface area contributed by atoms with Crippen molar-refractivity contribution in [3.63, 3.8) is 0 Å². The summed E-state index contributed by atoms with van der Waals surface area (Å²) in [6.07, 6.45) is 1.99. The Morgan fingerprint density at radius 1 is 1.08 bits per heavy atom. The van der Waals surface area contributed by atoms with E-state index >= 15 is 0 Å². The van der Waals surface area contributed by atoms with Gasteiger partial charge in [-0.1, -0.05) is 24.0 Å². The number of benzene rings is 3. The van der Waals surface area contributed by atoms with Gasteiger partial charge in [0.05, 0.1) is 37.0 Å². The lowest BCUT2D eigenvalue weighted by Gasteiger charge is -2.19. The predicted molar refractivity (Wildman–Crippen MR) is 141 cm³/mol. The molecule has 4 aromatic rings. The summed E-state index contributed by atoms with van der Waals surface area (Å²) in [4.78, 5) is 16.4. The molecule has 0 saturated heterocycles. The molecule has 0 saturated carbocycles.